The number of nitrogens with zero attached hydrogens (tertiary/aromatic N) is 2. The Kier molecular flexibility index (Phi) is 4.31. The molecule has 0 amide bonds. The number of benzene rings is 1. The van der Waals surface area contributed by atoms with Crippen molar-refractivity contribution in [2.45, 2.75) is 13.0 Å². The molecule has 0 spiro atoms. The summed E-state index contributed by atoms with van der Waals surface area (Å²) in [5.41, 5.74) is 2.22. The second-order valence-electron chi connectivity index (χ2n) is 4.34. The molecule has 3 heteroatoms. The van der Waals surface area contributed by atoms with Crippen molar-refractivity contribution in [3.05, 3.63) is 59.8 Å². The number of hydrogen-bond donors (Lipinski definition) is 1. The topological polar surface area (TPSA) is 36.4 Å². The molecule has 0 bridgehead atoms. The number of aliphatic hydroxyl groups excluding tert-OH is 1. The first-order chi connectivity index (χ1) is 8.79. The molecule has 0 aliphatic carbocycles. The maximum atomic E-state index is 9.11. The van der Waals surface area contributed by atoms with E-state index in [0.717, 1.165) is 24.3 Å². The normalized spacial score (nSPS) is 10.3. The average molecular weight is 242 g/mol. The van der Waals surface area contributed by atoms with Crippen LogP contribution in [0.25, 0.3) is 0 Å². The molecule has 2 rings (SSSR count). The van der Waals surface area contributed by atoms with Crippen molar-refractivity contribution >= 4 is 5.82 Å². The van der Waals surface area contributed by atoms with E-state index >= 15 is 0 Å². The van der Waals surface area contributed by atoms with Crippen LogP contribution >= 0.6 is 0 Å². The van der Waals surface area contributed by atoms with Crippen LogP contribution in [-0.4, -0.2) is 23.7 Å². The quantitative estimate of drug-likeness (QED) is 0.873. The van der Waals surface area contributed by atoms with Gasteiger partial charge in [-0.15, -0.1) is 0 Å². The van der Waals surface area contributed by atoms with Gasteiger partial charge in [0.05, 0.1) is 6.61 Å². The lowest BCUT2D eigenvalue weighted by molar-refractivity contribution is 0.281. The highest BCUT2D eigenvalue weighted by atomic mass is 16.3. The second-order valence-corrected chi connectivity index (χ2v) is 4.34. The van der Waals surface area contributed by atoms with Crippen LogP contribution < -0.4 is 4.90 Å². The Bertz CT molecular complexity index is 485. The highest BCUT2D eigenvalue weighted by Gasteiger charge is 2.03. The molecule has 18 heavy (non-hydrogen) atoms. The van der Waals surface area contributed by atoms with Gasteiger partial charge in [-0.1, -0.05) is 30.3 Å². The Morgan fingerprint density at radius 2 is 1.89 bits per heavy atom. The maximum Gasteiger partial charge on any atom is 0.128 e. The van der Waals surface area contributed by atoms with E-state index in [1.54, 1.807) is 6.20 Å². The smallest absolute Gasteiger partial charge is 0.128 e. The van der Waals surface area contributed by atoms with E-state index in [2.05, 4.69) is 34.1 Å². The lowest BCUT2D eigenvalue weighted by atomic mass is 10.1. The van der Waals surface area contributed by atoms with Crippen LogP contribution in [0.15, 0.2) is 48.7 Å². The SMILES string of the molecule is CN(CCc1ccccc1)c1cc(CO)ccn1. The largest absolute Gasteiger partial charge is 0.392 e. The fourth-order valence-electron chi connectivity index (χ4n) is 1.82. The van der Waals surface area contributed by atoms with E-state index in [1.807, 2.05) is 25.2 Å². The van der Waals surface area contributed by atoms with Crippen LogP contribution in [0.3, 0.4) is 0 Å². The molecule has 0 atom stereocenters. The van der Waals surface area contributed by atoms with Gasteiger partial charge in [0.15, 0.2) is 0 Å². The summed E-state index contributed by atoms with van der Waals surface area (Å²) in [5, 5.41) is 9.11. The van der Waals surface area contributed by atoms with Gasteiger partial charge in [0.2, 0.25) is 0 Å². The summed E-state index contributed by atoms with van der Waals surface area (Å²) < 4.78 is 0. The number of pyridine rings is 1. The van der Waals surface area contributed by atoms with Crippen molar-refractivity contribution in [2.24, 2.45) is 0 Å². The molecular weight excluding hydrogens is 224 g/mol. The van der Waals surface area contributed by atoms with E-state index in [0.29, 0.717) is 0 Å². The van der Waals surface area contributed by atoms with E-state index in [4.69, 9.17) is 5.11 Å². The summed E-state index contributed by atoms with van der Waals surface area (Å²) in [6.45, 7) is 0.966. The Morgan fingerprint density at radius 3 is 2.61 bits per heavy atom. The predicted molar refractivity (Wildman–Crippen MR) is 73.6 cm³/mol. The van der Waals surface area contributed by atoms with Crippen molar-refractivity contribution < 1.29 is 5.11 Å². The van der Waals surface area contributed by atoms with Crippen molar-refractivity contribution in [2.75, 3.05) is 18.5 Å². The minimum atomic E-state index is 0.0576. The molecule has 2 aromatic rings. The summed E-state index contributed by atoms with van der Waals surface area (Å²) in [6.07, 6.45) is 2.72. The van der Waals surface area contributed by atoms with Crippen LogP contribution in [0.4, 0.5) is 5.82 Å². The Morgan fingerprint density at radius 1 is 1.11 bits per heavy atom. The molecule has 0 radical (unpaired) electrons. The zero-order chi connectivity index (χ0) is 12.8. The summed E-state index contributed by atoms with van der Waals surface area (Å²) in [4.78, 5) is 6.42. The first-order valence-corrected chi connectivity index (χ1v) is 6.10. The molecule has 0 fully saturated rings. The third-order valence-electron chi connectivity index (χ3n) is 2.96. The number of aliphatic hydroxyl groups is 1. The van der Waals surface area contributed by atoms with Crippen molar-refractivity contribution in [3.63, 3.8) is 0 Å². The maximum absolute atomic E-state index is 9.11. The second kappa shape index (κ2) is 6.17. The third kappa shape index (κ3) is 3.31. The van der Waals surface area contributed by atoms with Crippen molar-refractivity contribution in [3.8, 4) is 0 Å². The van der Waals surface area contributed by atoms with Gasteiger partial charge in [0.25, 0.3) is 0 Å². The predicted octanol–water partition coefficient (Wildman–Crippen LogP) is 2.25. The van der Waals surface area contributed by atoms with Gasteiger partial charge >= 0.3 is 0 Å². The first kappa shape index (κ1) is 12.6. The summed E-state index contributed by atoms with van der Waals surface area (Å²) >= 11 is 0. The number of hydrogen-bond acceptors (Lipinski definition) is 3. The van der Waals surface area contributed by atoms with Crippen LogP contribution in [0.1, 0.15) is 11.1 Å². The zero-order valence-corrected chi connectivity index (χ0v) is 10.6. The zero-order valence-electron chi connectivity index (χ0n) is 10.6. The number of likely N-dealkylation sites (N-methyl/N-ethyl adjacent to an activating group) is 1. The number of aromatic nitrogens is 1. The molecule has 3 nitrogen and oxygen atoms in total. The molecule has 0 unspecified atom stereocenters. The minimum Gasteiger partial charge on any atom is -0.392 e. The molecule has 1 heterocycles. The fourth-order valence-corrected chi connectivity index (χ4v) is 1.82. The van der Waals surface area contributed by atoms with Crippen LogP contribution in [0.5, 0.6) is 0 Å². The van der Waals surface area contributed by atoms with Gasteiger partial charge in [-0.2, -0.15) is 0 Å². The van der Waals surface area contributed by atoms with Gasteiger partial charge in [0, 0.05) is 19.8 Å². The highest BCUT2D eigenvalue weighted by Crippen LogP contribution is 2.12. The molecule has 94 valence electrons. The lowest BCUT2D eigenvalue weighted by Gasteiger charge is -2.18. The van der Waals surface area contributed by atoms with Crippen molar-refractivity contribution in [1.82, 2.24) is 4.98 Å². The lowest BCUT2D eigenvalue weighted by Crippen LogP contribution is -2.21. The molecule has 0 saturated carbocycles. The number of anilines is 1. The highest BCUT2D eigenvalue weighted by molar-refractivity contribution is 5.40. The van der Waals surface area contributed by atoms with E-state index in [9.17, 15) is 0 Å². The van der Waals surface area contributed by atoms with E-state index < -0.39 is 0 Å². The van der Waals surface area contributed by atoms with Gasteiger partial charge in [-0.05, 0) is 29.7 Å². The molecule has 1 aromatic carbocycles. The van der Waals surface area contributed by atoms with Gasteiger partial charge < -0.3 is 10.0 Å². The molecule has 0 saturated heterocycles. The monoisotopic (exact) mass is 242 g/mol. The Balaban J connectivity index is 1.97. The Labute approximate surface area is 108 Å². The first-order valence-electron chi connectivity index (χ1n) is 6.10. The van der Waals surface area contributed by atoms with E-state index in [1.165, 1.54) is 5.56 Å². The molecule has 0 aliphatic rings. The third-order valence-corrected chi connectivity index (χ3v) is 2.96. The molecule has 0 aliphatic heterocycles. The Hall–Kier alpha value is -1.87. The molecule has 1 aromatic heterocycles. The van der Waals surface area contributed by atoms with Crippen LogP contribution in [0.2, 0.25) is 0 Å². The molecule has 1 N–H and O–H groups in total. The number of rotatable bonds is 5. The van der Waals surface area contributed by atoms with E-state index in [-0.39, 0.29) is 6.61 Å². The van der Waals surface area contributed by atoms with Gasteiger partial charge in [0.1, 0.15) is 5.82 Å². The minimum absolute atomic E-state index is 0.0576. The average Bonchev–Trinajstić information content (AvgIpc) is 2.46. The summed E-state index contributed by atoms with van der Waals surface area (Å²) in [7, 11) is 2.02. The van der Waals surface area contributed by atoms with Crippen LogP contribution in [0, 0.1) is 0 Å². The van der Waals surface area contributed by atoms with Crippen molar-refractivity contribution in [1.29, 1.82) is 0 Å². The fraction of sp³-hybridized carbons (Fsp3) is 0.267. The molecular formula is C15H18N2O. The summed E-state index contributed by atoms with van der Waals surface area (Å²) in [5.74, 6) is 0.900. The summed E-state index contributed by atoms with van der Waals surface area (Å²) in [6, 6.07) is 14.1. The van der Waals surface area contributed by atoms with Gasteiger partial charge in [-0.25, -0.2) is 4.98 Å². The standard InChI is InChI=1S/C15H18N2O/c1-17(10-8-13-5-3-2-4-6-13)15-11-14(12-18)7-9-16-15/h2-7,9,11,18H,8,10,12H2,1H3. The van der Waals surface area contributed by atoms with Crippen LogP contribution in [-0.2, 0) is 13.0 Å². The van der Waals surface area contributed by atoms with Gasteiger partial charge in [-0.3, -0.25) is 0 Å².